The minimum absolute atomic E-state index is 0.0770. The normalized spacial score (nSPS) is 20.7. The average Bonchev–Trinajstić information content (AvgIpc) is 2.13. The van der Waals surface area contributed by atoms with E-state index in [1.54, 1.807) is 0 Å². The summed E-state index contributed by atoms with van der Waals surface area (Å²) in [6, 6.07) is 0. The number of alkyl halides is 1. The van der Waals surface area contributed by atoms with Gasteiger partial charge < -0.3 is 10.2 Å². The topological polar surface area (TPSA) is 32.3 Å². The molecule has 1 atom stereocenters. The highest BCUT2D eigenvalue weighted by Gasteiger charge is 2.39. The van der Waals surface area contributed by atoms with Gasteiger partial charge in [-0.15, -0.1) is 0 Å². The Morgan fingerprint density at radius 3 is 2.31 bits per heavy atom. The second-order valence-corrected chi connectivity index (χ2v) is 6.32. The van der Waals surface area contributed by atoms with Crippen LogP contribution >= 0.6 is 15.9 Å². The van der Waals surface area contributed by atoms with Crippen LogP contribution in [0.4, 0.5) is 0 Å². The quantitative estimate of drug-likeness (QED) is 0.786. The smallest absolute Gasteiger partial charge is 0.234 e. The molecule has 16 heavy (non-hydrogen) atoms. The third-order valence-corrected chi connectivity index (χ3v) is 5.13. The Bertz CT molecular complexity index is 249. The van der Waals surface area contributed by atoms with Crippen molar-refractivity contribution in [1.82, 2.24) is 10.2 Å². The second-order valence-electron chi connectivity index (χ2n) is 5.34. The van der Waals surface area contributed by atoms with Crippen molar-refractivity contribution in [2.75, 3.05) is 20.6 Å². The van der Waals surface area contributed by atoms with E-state index in [0.29, 0.717) is 5.92 Å². The summed E-state index contributed by atoms with van der Waals surface area (Å²) < 4.78 is 0. The van der Waals surface area contributed by atoms with E-state index in [2.05, 4.69) is 40.2 Å². The van der Waals surface area contributed by atoms with Gasteiger partial charge in [0, 0.05) is 12.1 Å². The number of rotatable bonds is 5. The maximum atomic E-state index is 11.8. The summed E-state index contributed by atoms with van der Waals surface area (Å²) in [6.45, 7) is 4.86. The molecule has 4 heteroatoms. The predicted octanol–water partition coefficient (Wildman–Crippen LogP) is 2.01. The number of hydrogen-bond acceptors (Lipinski definition) is 2. The van der Waals surface area contributed by atoms with E-state index in [0.717, 1.165) is 6.54 Å². The van der Waals surface area contributed by atoms with E-state index in [1.165, 1.54) is 19.3 Å². The maximum Gasteiger partial charge on any atom is 0.234 e. The lowest BCUT2D eigenvalue weighted by atomic mass is 9.75. The zero-order chi connectivity index (χ0) is 12.3. The van der Waals surface area contributed by atoms with Crippen molar-refractivity contribution >= 4 is 21.8 Å². The highest BCUT2D eigenvalue weighted by Crippen LogP contribution is 2.35. The molecule has 1 aliphatic carbocycles. The van der Waals surface area contributed by atoms with Crippen molar-refractivity contribution < 1.29 is 4.79 Å². The fourth-order valence-electron chi connectivity index (χ4n) is 2.02. The lowest BCUT2D eigenvalue weighted by Crippen LogP contribution is -2.58. The van der Waals surface area contributed by atoms with Gasteiger partial charge in [0.25, 0.3) is 0 Å². The lowest BCUT2D eigenvalue weighted by molar-refractivity contribution is -0.122. The van der Waals surface area contributed by atoms with Crippen LogP contribution in [0.1, 0.15) is 33.1 Å². The van der Waals surface area contributed by atoms with Crippen LogP contribution in [-0.2, 0) is 4.79 Å². The molecule has 0 aliphatic heterocycles. The van der Waals surface area contributed by atoms with Gasteiger partial charge in [0.15, 0.2) is 0 Å². The largest absolute Gasteiger partial charge is 0.353 e. The number of likely N-dealkylation sites (N-methyl/N-ethyl adjacent to an activating group) is 1. The molecule has 3 nitrogen and oxygen atoms in total. The number of carbonyl (C=O) groups excluding carboxylic acids is 1. The van der Waals surface area contributed by atoms with E-state index >= 15 is 0 Å². The second kappa shape index (κ2) is 5.50. The number of hydrogen-bond donors (Lipinski definition) is 1. The molecule has 1 rings (SSSR count). The summed E-state index contributed by atoms with van der Waals surface area (Å²) in [5.41, 5.74) is 0.208. The SMILES string of the molecule is CC(C)C(Br)C(=O)NCC1(N(C)C)CCC1. The molecular formula is C12H23BrN2O. The van der Waals surface area contributed by atoms with Gasteiger partial charge >= 0.3 is 0 Å². The number of nitrogens with zero attached hydrogens (tertiary/aromatic N) is 1. The van der Waals surface area contributed by atoms with Gasteiger partial charge in [0.05, 0.1) is 4.83 Å². The Kier molecular flexibility index (Phi) is 4.80. The first-order chi connectivity index (χ1) is 7.39. The first-order valence-electron chi connectivity index (χ1n) is 5.98. The summed E-state index contributed by atoms with van der Waals surface area (Å²) in [5, 5.41) is 3.06. The Morgan fingerprint density at radius 1 is 1.44 bits per heavy atom. The first kappa shape index (κ1) is 14.0. The van der Waals surface area contributed by atoms with E-state index in [1.807, 2.05) is 13.8 Å². The lowest BCUT2D eigenvalue weighted by Gasteiger charge is -2.47. The van der Waals surface area contributed by atoms with Crippen molar-refractivity contribution in [2.24, 2.45) is 5.92 Å². The Morgan fingerprint density at radius 2 is 2.00 bits per heavy atom. The standard InChI is InChI=1S/C12H23BrN2O/c1-9(2)10(13)11(16)14-8-12(15(3)4)6-5-7-12/h9-10H,5-8H2,1-4H3,(H,14,16). The zero-order valence-corrected chi connectivity index (χ0v) is 12.3. The molecule has 1 N–H and O–H groups in total. The van der Waals surface area contributed by atoms with Crippen LogP contribution in [0.5, 0.6) is 0 Å². The molecule has 1 amide bonds. The highest BCUT2D eigenvalue weighted by atomic mass is 79.9. The van der Waals surface area contributed by atoms with Gasteiger partial charge in [-0.25, -0.2) is 0 Å². The van der Waals surface area contributed by atoms with Gasteiger partial charge in [-0.3, -0.25) is 4.79 Å². The highest BCUT2D eigenvalue weighted by molar-refractivity contribution is 9.10. The summed E-state index contributed by atoms with van der Waals surface area (Å²) in [5.74, 6) is 0.444. The van der Waals surface area contributed by atoms with Crippen molar-refractivity contribution in [2.45, 2.75) is 43.5 Å². The minimum Gasteiger partial charge on any atom is -0.353 e. The van der Waals surface area contributed by atoms with Crippen molar-refractivity contribution in [3.63, 3.8) is 0 Å². The van der Waals surface area contributed by atoms with E-state index in [4.69, 9.17) is 0 Å². The number of halogens is 1. The van der Waals surface area contributed by atoms with Crippen LogP contribution < -0.4 is 5.32 Å². The van der Waals surface area contributed by atoms with E-state index < -0.39 is 0 Å². The Labute approximate surface area is 107 Å². The molecule has 0 heterocycles. The van der Waals surface area contributed by atoms with Gasteiger partial charge in [0.2, 0.25) is 5.91 Å². The van der Waals surface area contributed by atoms with Crippen LogP contribution in [-0.4, -0.2) is 41.8 Å². The van der Waals surface area contributed by atoms with Crippen molar-refractivity contribution in [3.05, 3.63) is 0 Å². The monoisotopic (exact) mass is 290 g/mol. The van der Waals surface area contributed by atoms with Gasteiger partial charge in [-0.05, 0) is 39.3 Å². The average molecular weight is 291 g/mol. The molecule has 0 aromatic heterocycles. The number of carbonyl (C=O) groups is 1. The predicted molar refractivity (Wildman–Crippen MR) is 70.8 cm³/mol. The molecule has 1 unspecified atom stereocenters. The number of nitrogens with one attached hydrogen (secondary N) is 1. The Balaban J connectivity index is 2.42. The van der Waals surface area contributed by atoms with E-state index in [-0.39, 0.29) is 16.3 Å². The Hall–Kier alpha value is -0.0900. The van der Waals surface area contributed by atoms with Gasteiger partial charge in [-0.1, -0.05) is 29.8 Å². The summed E-state index contributed by atoms with van der Waals surface area (Å²) in [6.07, 6.45) is 3.65. The summed E-state index contributed by atoms with van der Waals surface area (Å²) in [4.78, 5) is 14.0. The van der Waals surface area contributed by atoms with Crippen LogP contribution in [0.25, 0.3) is 0 Å². The molecule has 0 saturated heterocycles. The van der Waals surface area contributed by atoms with Gasteiger partial charge in [0.1, 0.15) is 0 Å². The first-order valence-corrected chi connectivity index (χ1v) is 6.90. The molecular weight excluding hydrogens is 268 g/mol. The van der Waals surface area contributed by atoms with Crippen molar-refractivity contribution in [1.29, 1.82) is 0 Å². The van der Waals surface area contributed by atoms with Crippen LogP contribution in [0.2, 0.25) is 0 Å². The fraction of sp³-hybridized carbons (Fsp3) is 0.917. The molecule has 0 radical (unpaired) electrons. The zero-order valence-electron chi connectivity index (χ0n) is 10.7. The molecule has 0 bridgehead atoms. The molecule has 1 fully saturated rings. The van der Waals surface area contributed by atoms with Crippen LogP contribution in [0.15, 0.2) is 0 Å². The van der Waals surface area contributed by atoms with Gasteiger partial charge in [-0.2, -0.15) is 0 Å². The van der Waals surface area contributed by atoms with Crippen LogP contribution in [0.3, 0.4) is 0 Å². The molecule has 0 spiro atoms. The molecule has 1 aliphatic rings. The van der Waals surface area contributed by atoms with Crippen LogP contribution in [0, 0.1) is 5.92 Å². The third-order valence-electron chi connectivity index (χ3n) is 3.66. The minimum atomic E-state index is -0.0770. The summed E-state index contributed by atoms with van der Waals surface area (Å²) in [7, 11) is 4.19. The molecule has 0 aromatic carbocycles. The number of amides is 1. The maximum absolute atomic E-state index is 11.8. The summed E-state index contributed by atoms with van der Waals surface area (Å²) >= 11 is 3.43. The third kappa shape index (κ3) is 2.98. The fourth-order valence-corrected chi connectivity index (χ4v) is 2.18. The molecule has 1 saturated carbocycles. The molecule has 0 aromatic rings. The van der Waals surface area contributed by atoms with Crippen molar-refractivity contribution in [3.8, 4) is 0 Å². The van der Waals surface area contributed by atoms with E-state index in [9.17, 15) is 4.79 Å². The molecule has 94 valence electrons.